The van der Waals surface area contributed by atoms with E-state index in [1.165, 1.54) is 0 Å². The Balaban J connectivity index is 2.18. The topological polar surface area (TPSA) is 74.2 Å². The molecule has 102 valence electrons. The van der Waals surface area contributed by atoms with E-state index in [9.17, 15) is 0 Å². The molecular weight excluding hydrogens is 230 g/mol. The summed E-state index contributed by atoms with van der Waals surface area (Å²) in [5.74, 6) is 1.54. The molecule has 1 heterocycles. The Morgan fingerprint density at radius 3 is 2.72 bits per heavy atom. The summed E-state index contributed by atoms with van der Waals surface area (Å²) >= 11 is 0. The van der Waals surface area contributed by atoms with Gasteiger partial charge < -0.3 is 15.0 Å². The molecule has 0 saturated heterocycles. The first-order chi connectivity index (χ1) is 8.75. The van der Waals surface area contributed by atoms with Crippen LogP contribution in [0.2, 0.25) is 0 Å². The van der Waals surface area contributed by atoms with Crippen molar-refractivity contribution < 1.29 is 9.26 Å². The Morgan fingerprint density at radius 1 is 1.44 bits per heavy atom. The molecule has 1 aliphatic carbocycles. The van der Waals surface area contributed by atoms with Gasteiger partial charge in [0.15, 0.2) is 0 Å². The van der Waals surface area contributed by atoms with E-state index >= 15 is 0 Å². The third-order valence-corrected chi connectivity index (χ3v) is 3.92. The molecular formula is C13H23N3O2. The highest BCUT2D eigenvalue weighted by atomic mass is 16.5. The molecule has 2 rings (SSSR count). The van der Waals surface area contributed by atoms with E-state index in [2.05, 4.69) is 17.1 Å². The van der Waals surface area contributed by atoms with Crippen molar-refractivity contribution in [3.63, 3.8) is 0 Å². The summed E-state index contributed by atoms with van der Waals surface area (Å²) in [6.07, 6.45) is 6.32. The van der Waals surface area contributed by atoms with Gasteiger partial charge in [0.25, 0.3) is 0 Å². The highest BCUT2D eigenvalue weighted by Crippen LogP contribution is 2.40. The number of hydrogen-bond acceptors (Lipinski definition) is 5. The van der Waals surface area contributed by atoms with Gasteiger partial charge in [0.05, 0.1) is 5.92 Å². The molecule has 0 radical (unpaired) electrons. The van der Waals surface area contributed by atoms with Crippen molar-refractivity contribution in [3.05, 3.63) is 11.7 Å². The predicted octanol–water partition coefficient (Wildman–Crippen LogP) is 2.33. The van der Waals surface area contributed by atoms with Crippen LogP contribution in [0.5, 0.6) is 0 Å². The Labute approximate surface area is 108 Å². The number of methoxy groups -OCH3 is 1. The summed E-state index contributed by atoms with van der Waals surface area (Å²) in [4.78, 5) is 4.54. The van der Waals surface area contributed by atoms with Crippen LogP contribution in [0, 0.1) is 0 Å². The number of rotatable bonds is 6. The summed E-state index contributed by atoms with van der Waals surface area (Å²) in [5, 5.41) is 4.13. The number of ether oxygens (including phenoxy) is 1. The van der Waals surface area contributed by atoms with Crippen molar-refractivity contribution in [1.29, 1.82) is 0 Å². The quantitative estimate of drug-likeness (QED) is 0.842. The number of hydrogen-bond donors (Lipinski definition) is 1. The molecule has 1 aliphatic rings. The molecule has 1 aromatic heterocycles. The lowest BCUT2D eigenvalue weighted by atomic mass is 10.0. The summed E-state index contributed by atoms with van der Waals surface area (Å²) in [7, 11) is 1.73. The summed E-state index contributed by atoms with van der Waals surface area (Å²) in [5.41, 5.74) is 5.43. The molecule has 5 heteroatoms. The standard InChI is InChI=1S/C13H23N3O2/c1-3-6-10(9-14)11-15-12(16-18-11)13(17-2)7-4-5-8-13/h10H,3-9,14H2,1-2H3. The van der Waals surface area contributed by atoms with Crippen LogP contribution in [0.1, 0.15) is 63.1 Å². The maximum atomic E-state index is 5.76. The van der Waals surface area contributed by atoms with E-state index in [1.54, 1.807) is 7.11 Å². The van der Waals surface area contributed by atoms with Gasteiger partial charge in [0.2, 0.25) is 11.7 Å². The first-order valence-electron chi connectivity index (χ1n) is 6.85. The smallest absolute Gasteiger partial charge is 0.231 e. The summed E-state index contributed by atoms with van der Waals surface area (Å²) < 4.78 is 11.0. The minimum atomic E-state index is -0.326. The Morgan fingerprint density at radius 2 is 2.17 bits per heavy atom. The van der Waals surface area contributed by atoms with Crippen molar-refractivity contribution in [2.24, 2.45) is 5.73 Å². The second-order valence-electron chi connectivity index (χ2n) is 5.08. The normalized spacial score (nSPS) is 20.2. The minimum Gasteiger partial charge on any atom is -0.370 e. The van der Waals surface area contributed by atoms with Crippen LogP contribution < -0.4 is 5.73 Å². The Hall–Kier alpha value is -0.940. The van der Waals surface area contributed by atoms with Crippen LogP contribution in [0.15, 0.2) is 4.52 Å². The lowest BCUT2D eigenvalue weighted by Gasteiger charge is -2.22. The van der Waals surface area contributed by atoms with Gasteiger partial charge in [0, 0.05) is 13.7 Å². The van der Waals surface area contributed by atoms with E-state index in [1.807, 2.05) is 0 Å². The second kappa shape index (κ2) is 5.80. The van der Waals surface area contributed by atoms with Gasteiger partial charge in [-0.25, -0.2) is 0 Å². The maximum absolute atomic E-state index is 5.76. The Kier molecular flexibility index (Phi) is 4.35. The molecule has 1 unspecified atom stereocenters. The fourth-order valence-corrected chi connectivity index (χ4v) is 2.74. The molecule has 0 spiro atoms. The molecule has 0 amide bonds. The maximum Gasteiger partial charge on any atom is 0.231 e. The minimum absolute atomic E-state index is 0.173. The fourth-order valence-electron chi connectivity index (χ4n) is 2.74. The van der Waals surface area contributed by atoms with Crippen molar-refractivity contribution in [2.75, 3.05) is 13.7 Å². The highest BCUT2D eigenvalue weighted by molar-refractivity contribution is 5.06. The van der Waals surface area contributed by atoms with E-state index in [-0.39, 0.29) is 11.5 Å². The molecule has 0 aliphatic heterocycles. The zero-order valence-electron chi connectivity index (χ0n) is 11.3. The van der Waals surface area contributed by atoms with E-state index < -0.39 is 0 Å². The lowest BCUT2D eigenvalue weighted by molar-refractivity contribution is -0.0178. The van der Waals surface area contributed by atoms with Crippen molar-refractivity contribution in [3.8, 4) is 0 Å². The molecule has 1 atom stereocenters. The number of nitrogens with zero attached hydrogens (tertiary/aromatic N) is 2. The molecule has 5 nitrogen and oxygen atoms in total. The van der Waals surface area contributed by atoms with Gasteiger partial charge in [-0.3, -0.25) is 0 Å². The molecule has 1 fully saturated rings. The second-order valence-corrected chi connectivity index (χ2v) is 5.08. The third-order valence-electron chi connectivity index (χ3n) is 3.92. The average molecular weight is 253 g/mol. The van der Waals surface area contributed by atoms with Crippen molar-refractivity contribution in [1.82, 2.24) is 10.1 Å². The highest BCUT2D eigenvalue weighted by Gasteiger charge is 2.40. The molecule has 0 bridgehead atoms. The summed E-state index contributed by atoms with van der Waals surface area (Å²) in [6.45, 7) is 2.68. The lowest BCUT2D eigenvalue weighted by Crippen LogP contribution is -2.26. The van der Waals surface area contributed by atoms with Crippen LogP contribution in [-0.4, -0.2) is 23.8 Å². The van der Waals surface area contributed by atoms with Gasteiger partial charge in [-0.2, -0.15) is 4.98 Å². The van der Waals surface area contributed by atoms with E-state index in [0.29, 0.717) is 18.3 Å². The molecule has 2 N–H and O–H groups in total. The molecule has 1 saturated carbocycles. The van der Waals surface area contributed by atoms with Crippen LogP contribution in [-0.2, 0) is 10.3 Å². The van der Waals surface area contributed by atoms with Crippen molar-refractivity contribution >= 4 is 0 Å². The predicted molar refractivity (Wildman–Crippen MR) is 68.2 cm³/mol. The summed E-state index contributed by atoms with van der Waals surface area (Å²) in [6, 6.07) is 0. The zero-order valence-corrected chi connectivity index (χ0v) is 11.3. The molecule has 0 aromatic carbocycles. The van der Waals surface area contributed by atoms with E-state index in [4.69, 9.17) is 15.0 Å². The first kappa shape index (κ1) is 13.5. The van der Waals surface area contributed by atoms with Crippen LogP contribution in [0.25, 0.3) is 0 Å². The van der Waals surface area contributed by atoms with Gasteiger partial charge in [-0.05, 0) is 32.1 Å². The average Bonchev–Trinajstić information content (AvgIpc) is 3.04. The Bertz CT molecular complexity index is 372. The zero-order chi connectivity index (χ0) is 13.0. The number of aromatic nitrogens is 2. The molecule has 1 aromatic rings. The van der Waals surface area contributed by atoms with Crippen molar-refractivity contribution in [2.45, 2.75) is 57.0 Å². The van der Waals surface area contributed by atoms with E-state index in [0.717, 1.165) is 38.5 Å². The van der Waals surface area contributed by atoms with Crippen LogP contribution in [0.3, 0.4) is 0 Å². The number of nitrogens with two attached hydrogens (primary N) is 1. The van der Waals surface area contributed by atoms with Gasteiger partial charge in [0.1, 0.15) is 5.60 Å². The fraction of sp³-hybridized carbons (Fsp3) is 0.846. The van der Waals surface area contributed by atoms with Crippen LogP contribution >= 0.6 is 0 Å². The monoisotopic (exact) mass is 253 g/mol. The van der Waals surface area contributed by atoms with Gasteiger partial charge in [-0.15, -0.1) is 0 Å². The largest absolute Gasteiger partial charge is 0.370 e. The SMILES string of the molecule is CCCC(CN)c1nc(C2(OC)CCCC2)no1. The van der Waals surface area contributed by atoms with Crippen LogP contribution in [0.4, 0.5) is 0 Å². The van der Waals surface area contributed by atoms with Gasteiger partial charge in [-0.1, -0.05) is 18.5 Å². The third kappa shape index (κ3) is 2.42. The first-order valence-corrected chi connectivity index (χ1v) is 6.85. The van der Waals surface area contributed by atoms with Gasteiger partial charge >= 0.3 is 0 Å². The molecule has 18 heavy (non-hydrogen) atoms.